The Morgan fingerprint density at radius 3 is 2.60 bits per heavy atom. The van der Waals surface area contributed by atoms with Gasteiger partial charge in [0.05, 0.1) is 0 Å². The molecular weight excluding hydrogens is 189 g/mol. The fourth-order valence-corrected chi connectivity index (χ4v) is 1.09. The Morgan fingerprint density at radius 2 is 2.00 bits per heavy atom. The molecule has 0 atom stereocenters. The second-order valence-corrected chi connectivity index (χ2v) is 4.28. The molecule has 0 aliphatic carbocycles. The first-order valence-corrected chi connectivity index (χ1v) is 4.95. The van der Waals surface area contributed by atoms with E-state index < -0.39 is 0 Å². The molecule has 15 heavy (non-hydrogen) atoms. The summed E-state index contributed by atoms with van der Waals surface area (Å²) >= 11 is 0. The first-order chi connectivity index (χ1) is 7.03. The Labute approximate surface area is 91.1 Å². The van der Waals surface area contributed by atoms with Crippen molar-refractivity contribution in [2.24, 2.45) is 0 Å². The Hall–Kier alpha value is -1.16. The van der Waals surface area contributed by atoms with Crippen molar-refractivity contribution in [2.45, 2.75) is 26.4 Å². The summed E-state index contributed by atoms with van der Waals surface area (Å²) in [7, 11) is 0.833. The molecule has 1 aromatic rings. The molecule has 0 fully saturated rings. The first kappa shape index (κ1) is 11.9. The van der Waals surface area contributed by atoms with Crippen LogP contribution in [0.15, 0.2) is 24.3 Å². The van der Waals surface area contributed by atoms with Crippen LogP contribution in [0.25, 0.3) is 0 Å². The van der Waals surface area contributed by atoms with Gasteiger partial charge in [-0.2, -0.15) is 0 Å². The van der Waals surface area contributed by atoms with E-state index in [4.69, 9.17) is 4.74 Å². The third-order valence-corrected chi connectivity index (χ3v) is 1.86. The summed E-state index contributed by atoms with van der Waals surface area (Å²) in [6.45, 7) is 6.36. The van der Waals surface area contributed by atoms with Crippen LogP contribution in [0.3, 0.4) is 0 Å². The molecule has 1 N–H and O–H groups in total. The summed E-state index contributed by atoms with van der Waals surface area (Å²) in [5.41, 5.74) is 1.27. The van der Waals surface area contributed by atoms with Crippen molar-refractivity contribution in [1.29, 1.82) is 0 Å². The molecule has 0 unspecified atom stereocenters. The minimum absolute atomic E-state index is 0.177. The number of hydrogen-bond acceptors (Lipinski definition) is 3. The van der Waals surface area contributed by atoms with Crippen molar-refractivity contribution in [3.8, 4) is 0 Å². The maximum absolute atomic E-state index is 10.7. The van der Waals surface area contributed by atoms with Crippen LogP contribution in [0.1, 0.15) is 20.8 Å². The summed E-state index contributed by atoms with van der Waals surface area (Å²) in [6.07, 6.45) is 0. The Bertz CT molecular complexity index is 334. The molecular formula is C11H16BNO2. The normalized spacial score (nSPS) is 10.9. The van der Waals surface area contributed by atoms with Crippen LogP contribution in [-0.2, 0) is 9.44 Å². The van der Waals surface area contributed by atoms with Crippen molar-refractivity contribution in [2.75, 3.05) is 12.0 Å². The average molecular weight is 205 g/mol. The van der Waals surface area contributed by atoms with Crippen molar-refractivity contribution in [3.05, 3.63) is 24.3 Å². The molecule has 1 aromatic carbocycles. The molecule has 3 nitrogen and oxygen atoms in total. The van der Waals surface area contributed by atoms with Gasteiger partial charge >= 0.3 is 90.4 Å². The molecule has 0 aromatic heterocycles. The van der Waals surface area contributed by atoms with Gasteiger partial charge < -0.3 is 0 Å². The van der Waals surface area contributed by atoms with E-state index >= 15 is 0 Å². The van der Waals surface area contributed by atoms with E-state index in [1.54, 1.807) is 6.07 Å². The first-order valence-electron chi connectivity index (χ1n) is 4.95. The van der Waals surface area contributed by atoms with Crippen molar-refractivity contribution in [3.63, 3.8) is 0 Å². The number of ether oxygens (including phenoxy) is 1. The topological polar surface area (TPSA) is 38.3 Å². The maximum atomic E-state index is 10.7. The minimum atomic E-state index is -0.177. The molecule has 0 spiro atoms. The molecule has 1 rings (SSSR count). The number of nitrogens with one attached hydrogen (secondary N) is 1. The van der Waals surface area contributed by atoms with E-state index in [0.717, 1.165) is 12.8 Å². The molecule has 0 amide bonds. The summed E-state index contributed by atoms with van der Waals surface area (Å²) in [4.78, 5) is 0. The van der Waals surface area contributed by atoms with Gasteiger partial charge in [0, 0.05) is 0 Å². The van der Waals surface area contributed by atoms with Gasteiger partial charge in [-0.1, -0.05) is 0 Å². The van der Waals surface area contributed by atoms with Crippen LogP contribution < -0.4 is 10.8 Å². The van der Waals surface area contributed by atoms with Crippen LogP contribution in [0.4, 0.5) is 5.69 Å². The van der Waals surface area contributed by atoms with E-state index in [0.29, 0.717) is 12.2 Å². The molecule has 0 aliphatic heterocycles. The van der Waals surface area contributed by atoms with Crippen LogP contribution in [0.5, 0.6) is 0 Å². The number of rotatable bonds is 4. The molecule has 0 saturated carbocycles. The van der Waals surface area contributed by atoms with Crippen molar-refractivity contribution in [1.82, 2.24) is 0 Å². The SMILES string of the molecule is CC(C)(C)OCNc1ccccc1B=O. The molecule has 0 aliphatic rings. The van der Waals surface area contributed by atoms with E-state index in [2.05, 4.69) is 5.32 Å². The predicted molar refractivity (Wildman–Crippen MR) is 61.8 cm³/mol. The fourth-order valence-electron chi connectivity index (χ4n) is 1.09. The van der Waals surface area contributed by atoms with E-state index in [-0.39, 0.29) is 5.60 Å². The average Bonchev–Trinajstić information content (AvgIpc) is 2.16. The van der Waals surface area contributed by atoms with E-state index in [1.807, 2.05) is 39.0 Å². The zero-order valence-electron chi connectivity index (χ0n) is 9.41. The third kappa shape index (κ3) is 4.25. The molecule has 0 heterocycles. The summed E-state index contributed by atoms with van der Waals surface area (Å²) in [5.74, 6) is 0. The Kier molecular flexibility index (Phi) is 4.03. The second-order valence-electron chi connectivity index (χ2n) is 4.28. The second kappa shape index (κ2) is 5.07. The number of para-hydroxylation sites is 1. The number of anilines is 1. The molecule has 0 bridgehead atoms. The van der Waals surface area contributed by atoms with E-state index in [9.17, 15) is 4.70 Å². The van der Waals surface area contributed by atoms with Gasteiger partial charge in [0.1, 0.15) is 0 Å². The zero-order chi connectivity index (χ0) is 11.3. The molecule has 0 radical (unpaired) electrons. The van der Waals surface area contributed by atoms with Crippen LogP contribution in [0.2, 0.25) is 0 Å². The van der Waals surface area contributed by atoms with Crippen LogP contribution in [0, 0.1) is 0 Å². The Balaban J connectivity index is 2.54. The molecule has 4 heteroatoms. The summed E-state index contributed by atoms with van der Waals surface area (Å²) < 4.78 is 16.2. The fraction of sp³-hybridized carbons (Fsp3) is 0.455. The number of hydrogen-bond donors (Lipinski definition) is 1. The van der Waals surface area contributed by atoms with Crippen molar-refractivity contribution < 1.29 is 9.44 Å². The Morgan fingerprint density at radius 1 is 1.33 bits per heavy atom. The van der Waals surface area contributed by atoms with Gasteiger partial charge in [0.2, 0.25) is 0 Å². The number of benzene rings is 1. The molecule has 0 saturated heterocycles. The van der Waals surface area contributed by atoms with Gasteiger partial charge in [-0.3, -0.25) is 0 Å². The summed E-state index contributed by atoms with van der Waals surface area (Å²) in [5, 5.41) is 3.07. The van der Waals surface area contributed by atoms with Crippen LogP contribution >= 0.6 is 0 Å². The van der Waals surface area contributed by atoms with Gasteiger partial charge in [-0.05, 0) is 0 Å². The van der Waals surface area contributed by atoms with Crippen LogP contribution in [-0.4, -0.2) is 19.5 Å². The third-order valence-electron chi connectivity index (χ3n) is 1.86. The summed E-state index contributed by atoms with van der Waals surface area (Å²) in [6, 6.07) is 7.34. The monoisotopic (exact) mass is 205 g/mol. The van der Waals surface area contributed by atoms with Gasteiger partial charge in [0.25, 0.3) is 0 Å². The van der Waals surface area contributed by atoms with Crippen molar-refractivity contribution >= 4 is 18.3 Å². The van der Waals surface area contributed by atoms with E-state index in [1.165, 1.54) is 0 Å². The predicted octanol–water partition coefficient (Wildman–Crippen LogP) is 1.55. The zero-order valence-corrected chi connectivity index (χ0v) is 9.41. The standard InChI is InChI=1S/C11H16BNO2/c1-11(2,3)15-8-13-10-7-5-4-6-9(10)12-14/h4-7,13H,8H2,1-3H3. The van der Waals surface area contributed by atoms with Gasteiger partial charge in [-0.25, -0.2) is 0 Å². The quantitative estimate of drug-likeness (QED) is 0.598. The van der Waals surface area contributed by atoms with Gasteiger partial charge in [0.15, 0.2) is 0 Å². The van der Waals surface area contributed by atoms with Gasteiger partial charge in [-0.15, -0.1) is 0 Å². The molecule has 80 valence electrons.